The topological polar surface area (TPSA) is 107 Å². The first-order valence-electron chi connectivity index (χ1n) is 11.5. The number of methoxy groups -OCH3 is 1. The second kappa shape index (κ2) is 8.54. The first-order chi connectivity index (χ1) is 17.1. The standard InChI is InChI=1S/C25H25FN4O5/c1-32-22-16(26)3-2-4-17(22)29-21-19-23(25(12-33-13-25)11-28-24(19)31)30-20(21)15-5-7-27-9-18(15)35-10-14-6-8-34-14/h2-5,7,9,14,29-30H,6,8,10-13H2,1H3,(H,28,31). The van der Waals surface area contributed by atoms with Crippen molar-refractivity contribution < 1.29 is 28.1 Å². The SMILES string of the molecule is COc1c(F)cccc1Nc1c(-c2ccncc2OCC2CCO2)[nH]c2c1C(=O)NCC21COC1. The summed E-state index contributed by atoms with van der Waals surface area (Å²) >= 11 is 0. The zero-order chi connectivity index (χ0) is 24.0. The quantitative estimate of drug-likeness (QED) is 0.477. The highest BCUT2D eigenvalue weighted by Gasteiger charge is 2.49. The molecule has 0 aliphatic carbocycles. The molecular formula is C25H25FN4O5. The van der Waals surface area contributed by atoms with Crippen LogP contribution in [0, 0.1) is 5.82 Å². The molecule has 0 saturated carbocycles. The number of H-pyrrole nitrogens is 1. The van der Waals surface area contributed by atoms with E-state index in [2.05, 4.69) is 20.6 Å². The van der Waals surface area contributed by atoms with Crippen molar-refractivity contribution in [2.75, 3.05) is 45.4 Å². The molecule has 1 amide bonds. The summed E-state index contributed by atoms with van der Waals surface area (Å²) in [5, 5.41) is 6.26. The van der Waals surface area contributed by atoms with Crippen molar-refractivity contribution in [1.82, 2.24) is 15.3 Å². The van der Waals surface area contributed by atoms with Gasteiger partial charge in [0.2, 0.25) is 0 Å². The molecule has 0 bridgehead atoms. The molecule has 1 atom stereocenters. The van der Waals surface area contributed by atoms with Crippen LogP contribution < -0.4 is 20.1 Å². The Kier molecular flexibility index (Phi) is 5.34. The van der Waals surface area contributed by atoms with Crippen LogP contribution in [-0.4, -0.2) is 62.1 Å². The van der Waals surface area contributed by atoms with E-state index >= 15 is 0 Å². The molecule has 10 heteroatoms. The average Bonchev–Trinajstić information content (AvgIpc) is 3.18. The zero-order valence-corrected chi connectivity index (χ0v) is 19.2. The number of hydrogen-bond donors (Lipinski definition) is 3. The van der Waals surface area contributed by atoms with Crippen LogP contribution in [0.4, 0.5) is 15.8 Å². The number of amides is 1. The molecule has 1 unspecified atom stereocenters. The van der Waals surface area contributed by atoms with E-state index in [4.69, 9.17) is 18.9 Å². The Morgan fingerprint density at radius 2 is 2.17 bits per heavy atom. The highest BCUT2D eigenvalue weighted by Crippen LogP contribution is 2.46. The fraction of sp³-hybridized carbons (Fsp3) is 0.360. The minimum atomic E-state index is -0.509. The fourth-order valence-corrected chi connectivity index (χ4v) is 4.72. The molecule has 1 aromatic carbocycles. The molecule has 3 aliphatic rings. The molecule has 2 fully saturated rings. The number of carbonyl (C=O) groups is 1. The number of halogens is 1. The van der Waals surface area contributed by atoms with Crippen LogP contribution in [0.25, 0.3) is 11.3 Å². The first kappa shape index (κ1) is 21.9. The Hall–Kier alpha value is -3.63. The van der Waals surface area contributed by atoms with Crippen LogP contribution >= 0.6 is 0 Å². The van der Waals surface area contributed by atoms with E-state index in [1.54, 1.807) is 24.5 Å². The Balaban J connectivity index is 1.50. The third kappa shape index (κ3) is 3.60. The van der Waals surface area contributed by atoms with Gasteiger partial charge in [0.05, 0.1) is 60.7 Å². The van der Waals surface area contributed by atoms with E-state index in [1.807, 2.05) is 6.07 Å². The van der Waals surface area contributed by atoms with Gasteiger partial charge in [-0.05, 0) is 18.2 Å². The summed E-state index contributed by atoms with van der Waals surface area (Å²) in [5.41, 5.74) is 3.15. The summed E-state index contributed by atoms with van der Waals surface area (Å²) in [5.74, 6) is -0.127. The van der Waals surface area contributed by atoms with Gasteiger partial charge in [-0.3, -0.25) is 9.78 Å². The van der Waals surface area contributed by atoms with E-state index in [0.29, 0.717) is 54.7 Å². The number of hydrogen-bond acceptors (Lipinski definition) is 7. The van der Waals surface area contributed by atoms with Crippen molar-refractivity contribution in [2.45, 2.75) is 17.9 Å². The number of nitrogens with one attached hydrogen (secondary N) is 3. The second-order valence-electron chi connectivity index (χ2n) is 8.99. The summed E-state index contributed by atoms with van der Waals surface area (Å²) in [6.45, 7) is 2.58. The van der Waals surface area contributed by atoms with E-state index in [1.165, 1.54) is 13.2 Å². The van der Waals surface area contributed by atoms with Crippen LogP contribution in [0.3, 0.4) is 0 Å². The Labute approximate surface area is 200 Å². The molecule has 3 aromatic rings. The van der Waals surface area contributed by atoms with Gasteiger partial charge in [0.25, 0.3) is 5.91 Å². The number of benzene rings is 1. The number of rotatable bonds is 7. The number of aromatic nitrogens is 2. The predicted molar refractivity (Wildman–Crippen MR) is 125 cm³/mol. The Bertz CT molecular complexity index is 1280. The average molecular weight is 480 g/mol. The van der Waals surface area contributed by atoms with Gasteiger partial charge in [-0.15, -0.1) is 0 Å². The van der Waals surface area contributed by atoms with Crippen molar-refractivity contribution in [3.63, 3.8) is 0 Å². The number of ether oxygens (including phenoxy) is 4. The largest absolute Gasteiger partial charge is 0.492 e. The highest BCUT2D eigenvalue weighted by atomic mass is 19.1. The van der Waals surface area contributed by atoms with Gasteiger partial charge in [-0.1, -0.05) is 6.07 Å². The van der Waals surface area contributed by atoms with Crippen LogP contribution in [0.2, 0.25) is 0 Å². The lowest BCUT2D eigenvalue weighted by Gasteiger charge is -2.43. The van der Waals surface area contributed by atoms with Crippen molar-refractivity contribution in [2.24, 2.45) is 0 Å². The van der Waals surface area contributed by atoms with Gasteiger partial charge in [0, 0.05) is 37.0 Å². The number of para-hydroxylation sites is 1. The molecule has 182 valence electrons. The lowest BCUT2D eigenvalue weighted by Crippen LogP contribution is -2.58. The zero-order valence-electron chi connectivity index (χ0n) is 19.2. The van der Waals surface area contributed by atoms with Gasteiger partial charge in [-0.2, -0.15) is 0 Å². The molecule has 2 aromatic heterocycles. The molecule has 9 nitrogen and oxygen atoms in total. The fourth-order valence-electron chi connectivity index (χ4n) is 4.72. The summed E-state index contributed by atoms with van der Waals surface area (Å²) in [6.07, 6.45) is 4.30. The van der Waals surface area contributed by atoms with Gasteiger partial charge in [-0.25, -0.2) is 4.39 Å². The molecule has 5 heterocycles. The lowest BCUT2D eigenvalue weighted by atomic mass is 9.78. The summed E-state index contributed by atoms with van der Waals surface area (Å²) in [4.78, 5) is 20.9. The Morgan fingerprint density at radius 1 is 1.31 bits per heavy atom. The number of carbonyl (C=O) groups excluding carboxylic acids is 1. The number of anilines is 2. The smallest absolute Gasteiger partial charge is 0.255 e. The summed E-state index contributed by atoms with van der Waals surface area (Å²) < 4.78 is 36.9. The number of fused-ring (bicyclic) bond motifs is 2. The van der Waals surface area contributed by atoms with Crippen LogP contribution in [0.15, 0.2) is 36.7 Å². The van der Waals surface area contributed by atoms with Crippen molar-refractivity contribution in [3.8, 4) is 22.8 Å². The summed E-state index contributed by atoms with van der Waals surface area (Å²) in [6, 6.07) is 6.43. The molecule has 3 aliphatic heterocycles. The normalized spacial score (nSPS) is 19.8. The molecular weight excluding hydrogens is 455 g/mol. The maximum atomic E-state index is 14.5. The summed E-state index contributed by atoms with van der Waals surface area (Å²) in [7, 11) is 1.40. The van der Waals surface area contributed by atoms with E-state index in [-0.39, 0.29) is 23.2 Å². The third-order valence-corrected chi connectivity index (χ3v) is 6.80. The van der Waals surface area contributed by atoms with Crippen LogP contribution in [0.5, 0.6) is 11.5 Å². The van der Waals surface area contributed by atoms with E-state index in [0.717, 1.165) is 24.3 Å². The van der Waals surface area contributed by atoms with Gasteiger partial charge in [0.15, 0.2) is 11.6 Å². The highest BCUT2D eigenvalue weighted by molar-refractivity contribution is 6.07. The molecule has 35 heavy (non-hydrogen) atoms. The van der Waals surface area contributed by atoms with Crippen molar-refractivity contribution in [1.29, 1.82) is 0 Å². The molecule has 3 N–H and O–H groups in total. The third-order valence-electron chi connectivity index (χ3n) is 6.80. The van der Waals surface area contributed by atoms with Gasteiger partial charge in [0.1, 0.15) is 12.4 Å². The Morgan fingerprint density at radius 3 is 2.89 bits per heavy atom. The first-order valence-corrected chi connectivity index (χ1v) is 11.5. The van der Waals surface area contributed by atoms with Gasteiger partial charge >= 0.3 is 0 Å². The van der Waals surface area contributed by atoms with Crippen molar-refractivity contribution >= 4 is 17.3 Å². The van der Waals surface area contributed by atoms with E-state index in [9.17, 15) is 9.18 Å². The minimum Gasteiger partial charge on any atom is -0.492 e. The molecule has 1 spiro atoms. The van der Waals surface area contributed by atoms with Crippen LogP contribution in [-0.2, 0) is 14.9 Å². The number of aromatic amines is 1. The molecule has 0 radical (unpaired) electrons. The molecule has 6 rings (SSSR count). The van der Waals surface area contributed by atoms with Crippen molar-refractivity contribution in [3.05, 3.63) is 53.7 Å². The number of pyridine rings is 1. The maximum Gasteiger partial charge on any atom is 0.255 e. The predicted octanol–water partition coefficient (Wildman–Crippen LogP) is 3.15. The monoisotopic (exact) mass is 480 g/mol. The maximum absolute atomic E-state index is 14.5. The second-order valence-corrected chi connectivity index (χ2v) is 8.99. The minimum absolute atomic E-state index is 0.0511. The lowest BCUT2D eigenvalue weighted by molar-refractivity contribution is -0.0720. The van der Waals surface area contributed by atoms with E-state index < -0.39 is 5.82 Å². The number of nitrogens with zero attached hydrogens (tertiary/aromatic N) is 1. The van der Waals surface area contributed by atoms with Crippen LogP contribution in [0.1, 0.15) is 22.5 Å². The molecule has 2 saturated heterocycles. The van der Waals surface area contributed by atoms with Gasteiger partial charge < -0.3 is 34.6 Å².